The number of methoxy groups -OCH3 is 1. The normalized spacial score (nSPS) is 15.5. The summed E-state index contributed by atoms with van der Waals surface area (Å²) >= 11 is 0. The van der Waals surface area contributed by atoms with E-state index in [1.165, 1.54) is 12.7 Å². The van der Waals surface area contributed by atoms with Crippen LogP contribution < -0.4 is 5.32 Å². The molecule has 0 amide bonds. The van der Waals surface area contributed by atoms with Crippen LogP contribution in [0, 0.1) is 0 Å². The molecule has 0 radical (unpaired) electrons. The first-order valence-electron chi connectivity index (χ1n) is 11.7. The lowest BCUT2D eigenvalue weighted by atomic mass is 9.86. The Morgan fingerprint density at radius 1 is 1.03 bits per heavy atom. The average Bonchev–Trinajstić information content (AvgIpc) is 3.42. The van der Waals surface area contributed by atoms with Gasteiger partial charge in [-0.05, 0) is 54.8 Å². The predicted molar refractivity (Wildman–Crippen MR) is 134 cm³/mol. The number of para-hydroxylation sites is 1. The molecule has 1 fully saturated rings. The molecule has 8 heteroatoms. The van der Waals surface area contributed by atoms with Gasteiger partial charge in [-0.2, -0.15) is 5.10 Å². The zero-order valence-electron chi connectivity index (χ0n) is 19.6. The van der Waals surface area contributed by atoms with Crippen molar-refractivity contribution in [1.82, 2.24) is 25.1 Å². The Balaban J connectivity index is 1.34. The lowest BCUT2D eigenvalue weighted by Gasteiger charge is -2.41. The molecule has 1 aliphatic rings. The number of likely N-dealkylation sites (tertiary alicyclic amines) is 1. The number of nitrogens with one attached hydrogen (secondary N) is 2. The molecule has 5 rings (SSSR count). The largest absolute Gasteiger partial charge is 0.465 e. The maximum Gasteiger partial charge on any atom is 0.337 e. The van der Waals surface area contributed by atoms with Gasteiger partial charge in [0.25, 0.3) is 0 Å². The molecule has 178 valence electrons. The van der Waals surface area contributed by atoms with Crippen molar-refractivity contribution in [1.29, 1.82) is 0 Å². The summed E-state index contributed by atoms with van der Waals surface area (Å²) < 4.78 is 4.80. The van der Waals surface area contributed by atoms with Crippen LogP contribution in [0.2, 0.25) is 0 Å². The monoisotopic (exact) mass is 468 g/mol. The van der Waals surface area contributed by atoms with Crippen LogP contribution in [0.3, 0.4) is 0 Å². The molecule has 35 heavy (non-hydrogen) atoms. The van der Waals surface area contributed by atoms with Gasteiger partial charge < -0.3 is 10.1 Å². The van der Waals surface area contributed by atoms with Crippen LogP contribution >= 0.6 is 0 Å². The van der Waals surface area contributed by atoms with Crippen LogP contribution in [0.15, 0.2) is 79.1 Å². The zero-order chi connectivity index (χ0) is 24.1. The number of benzene rings is 2. The zero-order valence-corrected chi connectivity index (χ0v) is 19.6. The number of carbonyl (C=O) groups is 1. The Hall–Kier alpha value is -4.04. The molecule has 3 heterocycles. The minimum absolute atomic E-state index is 0.315. The summed E-state index contributed by atoms with van der Waals surface area (Å²) in [4.78, 5) is 23.1. The highest BCUT2D eigenvalue weighted by Gasteiger charge is 2.39. The van der Waals surface area contributed by atoms with E-state index >= 15 is 0 Å². The minimum Gasteiger partial charge on any atom is -0.465 e. The van der Waals surface area contributed by atoms with E-state index in [1.54, 1.807) is 12.4 Å². The van der Waals surface area contributed by atoms with Crippen LogP contribution in [0.1, 0.15) is 34.6 Å². The van der Waals surface area contributed by atoms with Gasteiger partial charge in [-0.25, -0.2) is 9.78 Å². The van der Waals surface area contributed by atoms with Gasteiger partial charge in [0.15, 0.2) is 11.6 Å². The number of rotatable bonds is 7. The van der Waals surface area contributed by atoms with E-state index in [2.05, 4.69) is 37.5 Å². The molecular formula is C27H28N6O2. The molecule has 2 N–H and O–H groups in total. The van der Waals surface area contributed by atoms with Crippen LogP contribution in [0.4, 0.5) is 5.69 Å². The van der Waals surface area contributed by atoms with Crippen molar-refractivity contribution in [3.8, 4) is 11.4 Å². The van der Waals surface area contributed by atoms with Crippen LogP contribution in [-0.4, -0.2) is 51.2 Å². The van der Waals surface area contributed by atoms with Gasteiger partial charge in [0.2, 0.25) is 0 Å². The highest BCUT2D eigenvalue weighted by molar-refractivity contribution is 5.89. The number of hydrogen-bond acceptors (Lipinski definition) is 7. The number of esters is 1. The number of H-pyrrole nitrogens is 1. The Labute approximate surface area is 204 Å². The molecule has 0 spiro atoms. The fourth-order valence-electron chi connectivity index (χ4n) is 4.54. The molecular weight excluding hydrogens is 440 g/mol. The van der Waals surface area contributed by atoms with Crippen molar-refractivity contribution in [3.63, 3.8) is 0 Å². The van der Waals surface area contributed by atoms with Crippen molar-refractivity contribution in [2.75, 3.05) is 25.5 Å². The molecule has 0 atom stereocenters. The van der Waals surface area contributed by atoms with Gasteiger partial charge in [0, 0.05) is 43.3 Å². The summed E-state index contributed by atoms with van der Waals surface area (Å²) in [7, 11) is 1.40. The van der Waals surface area contributed by atoms with Crippen molar-refractivity contribution in [2.45, 2.75) is 24.9 Å². The highest BCUT2D eigenvalue weighted by Crippen LogP contribution is 2.36. The Kier molecular flexibility index (Phi) is 6.54. The van der Waals surface area contributed by atoms with Crippen molar-refractivity contribution < 1.29 is 9.53 Å². The number of anilines is 1. The maximum absolute atomic E-state index is 11.7. The smallest absolute Gasteiger partial charge is 0.337 e. The Morgan fingerprint density at radius 2 is 1.74 bits per heavy atom. The van der Waals surface area contributed by atoms with Gasteiger partial charge in [-0.1, -0.05) is 30.3 Å². The highest BCUT2D eigenvalue weighted by atomic mass is 16.5. The number of carbonyl (C=O) groups excluding carboxylic acids is 1. The summed E-state index contributed by atoms with van der Waals surface area (Å²) in [5, 5.41) is 11.5. The summed E-state index contributed by atoms with van der Waals surface area (Å²) in [5.41, 5.74) is 3.37. The molecule has 2 aromatic heterocycles. The third kappa shape index (κ3) is 5.07. The first-order chi connectivity index (χ1) is 17.1. The van der Waals surface area contributed by atoms with Crippen molar-refractivity contribution >= 4 is 11.7 Å². The molecule has 0 bridgehead atoms. The van der Waals surface area contributed by atoms with Gasteiger partial charge in [-0.3, -0.25) is 15.0 Å². The summed E-state index contributed by atoms with van der Waals surface area (Å²) in [6.45, 7) is 2.61. The number of aromatic amines is 1. The van der Waals surface area contributed by atoms with Crippen LogP contribution in [0.25, 0.3) is 11.4 Å². The molecule has 0 saturated carbocycles. The standard InChI is InChI=1S/C27H28N6O2/c1-35-25(34)22-9-7-20(8-10-22)19-33-17-13-27(14-18-33,30-23-5-3-2-4-6-23)26-29-24(31-32-26)21-11-15-28-16-12-21/h2-12,15-16,30H,13-14,17-19H2,1H3,(H,29,31,32). The summed E-state index contributed by atoms with van der Waals surface area (Å²) in [6, 6.07) is 21.7. The van der Waals surface area contributed by atoms with E-state index in [4.69, 9.17) is 9.72 Å². The second kappa shape index (κ2) is 10.1. The number of ether oxygens (including phenoxy) is 1. The third-order valence-corrected chi connectivity index (χ3v) is 6.53. The van der Waals surface area contributed by atoms with Gasteiger partial charge in [0.1, 0.15) is 0 Å². The molecule has 0 aliphatic carbocycles. The summed E-state index contributed by atoms with van der Waals surface area (Å²) in [6.07, 6.45) is 5.24. The topological polar surface area (TPSA) is 96.0 Å². The average molecular weight is 469 g/mol. The molecule has 8 nitrogen and oxygen atoms in total. The summed E-state index contributed by atoms with van der Waals surface area (Å²) in [5.74, 6) is 1.20. The van der Waals surface area contributed by atoms with Crippen LogP contribution in [-0.2, 0) is 16.8 Å². The number of pyridine rings is 1. The Bertz CT molecular complexity index is 1250. The Morgan fingerprint density at radius 3 is 2.43 bits per heavy atom. The van der Waals surface area contributed by atoms with Crippen molar-refractivity contribution in [3.05, 3.63) is 96.1 Å². The first kappa shape index (κ1) is 22.7. The van der Waals surface area contributed by atoms with E-state index in [9.17, 15) is 4.79 Å². The van der Waals surface area contributed by atoms with E-state index in [1.807, 2.05) is 54.6 Å². The maximum atomic E-state index is 11.7. The van der Waals surface area contributed by atoms with E-state index < -0.39 is 0 Å². The fourth-order valence-corrected chi connectivity index (χ4v) is 4.54. The molecule has 0 unspecified atom stereocenters. The molecule has 1 aliphatic heterocycles. The molecule has 2 aromatic carbocycles. The number of aromatic nitrogens is 4. The second-order valence-electron chi connectivity index (χ2n) is 8.78. The number of piperidine rings is 1. The predicted octanol–water partition coefficient (Wildman–Crippen LogP) is 4.26. The second-order valence-corrected chi connectivity index (χ2v) is 8.78. The van der Waals surface area contributed by atoms with Crippen LogP contribution in [0.5, 0.6) is 0 Å². The van der Waals surface area contributed by atoms with E-state index in [-0.39, 0.29) is 11.5 Å². The number of nitrogens with zero attached hydrogens (tertiary/aromatic N) is 4. The van der Waals surface area contributed by atoms with E-state index in [0.29, 0.717) is 11.4 Å². The van der Waals surface area contributed by atoms with Gasteiger partial charge in [-0.15, -0.1) is 0 Å². The van der Waals surface area contributed by atoms with Gasteiger partial charge in [0.05, 0.1) is 18.2 Å². The van der Waals surface area contributed by atoms with Crippen molar-refractivity contribution in [2.24, 2.45) is 0 Å². The molecule has 1 saturated heterocycles. The first-order valence-corrected chi connectivity index (χ1v) is 11.7. The molecule has 4 aromatic rings. The fraction of sp³-hybridized carbons (Fsp3) is 0.259. The van der Waals surface area contributed by atoms with E-state index in [0.717, 1.165) is 49.6 Å². The minimum atomic E-state index is -0.356. The lowest BCUT2D eigenvalue weighted by molar-refractivity contribution is 0.0600. The number of hydrogen-bond donors (Lipinski definition) is 2. The third-order valence-electron chi connectivity index (χ3n) is 6.53. The van der Waals surface area contributed by atoms with Gasteiger partial charge >= 0.3 is 5.97 Å². The quantitative estimate of drug-likeness (QED) is 0.391. The SMILES string of the molecule is COC(=O)c1ccc(CN2CCC(Nc3ccccc3)(c3nc(-c4ccncc4)n[nH]3)CC2)cc1. The lowest BCUT2D eigenvalue weighted by Crippen LogP contribution is -2.47.